The second-order valence-corrected chi connectivity index (χ2v) is 10.4. The van der Waals surface area contributed by atoms with E-state index in [1.165, 1.54) is 16.9 Å². The minimum Gasteiger partial charge on any atom is -0.496 e. The normalized spacial score (nSPS) is 11.9. The number of hydrogen-bond donors (Lipinski definition) is 1. The zero-order valence-electron chi connectivity index (χ0n) is 21.0. The van der Waals surface area contributed by atoms with Gasteiger partial charge in [-0.05, 0) is 53.8 Å². The minimum absolute atomic E-state index is 0.0419. The van der Waals surface area contributed by atoms with E-state index in [2.05, 4.69) is 31.0 Å². The molecular weight excluding hydrogens is 470 g/mol. The first-order valence-corrected chi connectivity index (χ1v) is 12.8. The summed E-state index contributed by atoms with van der Waals surface area (Å²) in [5.41, 5.74) is 4.91. The number of methoxy groups -OCH3 is 1. The van der Waals surface area contributed by atoms with Crippen LogP contribution in [0.15, 0.2) is 72.9 Å². The first-order chi connectivity index (χ1) is 17.4. The van der Waals surface area contributed by atoms with Crippen LogP contribution in [-0.2, 0) is 11.4 Å². The number of carboxylic acid groups (broad SMARTS) is 1. The fraction of sp³-hybridized carbons (Fsp3) is 0.267. The molecule has 0 radical (unpaired) electrons. The Kier molecular flexibility index (Phi) is 8.06. The van der Waals surface area contributed by atoms with Crippen LogP contribution in [0.2, 0.25) is 0 Å². The molecule has 4 rings (SSSR count). The zero-order valence-corrected chi connectivity index (χ0v) is 21.8. The van der Waals surface area contributed by atoms with Gasteiger partial charge in [-0.25, -0.2) is 4.98 Å². The van der Waals surface area contributed by atoms with Gasteiger partial charge in [0.05, 0.1) is 13.5 Å². The number of rotatable bonds is 10. The molecule has 6 heteroatoms. The fourth-order valence-electron chi connectivity index (χ4n) is 4.19. The molecule has 1 N–H and O–H groups in total. The topological polar surface area (TPSA) is 68.7 Å². The smallest absolute Gasteiger partial charge is 0.304 e. The van der Waals surface area contributed by atoms with E-state index in [4.69, 9.17) is 9.47 Å². The SMILES string of the molecule is COc1ccc(C(C)C)cc1-c1cc(C(CC(=O)O)c2ncc(C)s2)ccc1OCc1ccccc1. The first-order valence-electron chi connectivity index (χ1n) is 12.0. The molecule has 186 valence electrons. The lowest BCUT2D eigenvalue weighted by Crippen LogP contribution is -2.08. The molecule has 0 bridgehead atoms. The Labute approximate surface area is 216 Å². The molecule has 1 unspecified atom stereocenters. The van der Waals surface area contributed by atoms with Crippen LogP contribution in [0, 0.1) is 6.92 Å². The second-order valence-electron chi connectivity index (χ2n) is 9.10. The van der Waals surface area contributed by atoms with Crippen molar-refractivity contribution in [3.63, 3.8) is 0 Å². The van der Waals surface area contributed by atoms with Gasteiger partial charge < -0.3 is 14.6 Å². The van der Waals surface area contributed by atoms with E-state index < -0.39 is 5.97 Å². The zero-order chi connectivity index (χ0) is 25.7. The maximum Gasteiger partial charge on any atom is 0.304 e. The molecular formula is C30H31NO4S. The third kappa shape index (κ3) is 5.94. The van der Waals surface area contributed by atoms with Gasteiger partial charge in [0.2, 0.25) is 0 Å². The minimum atomic E-state index is -0.863. The van der Waals surface area contributed by atoms with Crippen molar-refractivity contribution in [1.82, 2.24) is 4.98 Å². The van der Waals surface area contributed by atoms with Gasteiger partial charge >= 0.3 is 5.97 Å². The molecule has 36 heavy (non-hydrogen) atoms. The van der Waals surface area contributed by atoms with E-state index in [9.17, 15) is 9.90 Å². The van der Waals surface area contributed by atoms with E-state index in [1.54, 1.807) is 13.3 Å². The number of carbonyl (C=O) groups is 1. The molecule has 0 aliphatic carbocycles. The average Bonchev–Trinajstić information content (AvgIpc) is 3.32. The fourth-order valence-corrected chi connectivity index (χ4v) is 5.09. The van der Waals surface area contributed by atoms with Crippen molar-refractivity contribution in [1.29, 1.82) is 0 Å². The number of nitrogens with zero attached hydrogens (tertiary/aromatic N) is 1. The van der Waals surface area contributed by atoms with E-state index >= 15 is 0 Å². The van der Waals surface area contributed by atoms with Crippen LogP contribution in [0.1, 0.15) is 58.7 Å². The van der Waals surface area contributed by atoms with Gasteiger partial charge in [0, 0.05) is 28.1 Å². The summed E-state index contributed by atoms with van der Waals surface area (Å²) in [5.74, 6) is 0.567. The van der Waals surface area contributed by atoms with E-state index in [-0.39, 0.29) is 12.3 Å². The molecule has 4 aromatic rings. The molecule has 0 saturated heterocycles. The van der Waals surface area contributed by atoms with Crippen LogP contribution in [-0.4, -0.2) is 23.2 Å². The number of carboxylic acids is 1. The predicted molar refractivity (Wildman–Crippen MR) is 144 cm³/mol. The predicted octanol–water partition coefficient (Wildman–Crippen LogP) is 7.44. The van der Waals surface area contributed by atoms with Crippen LogP contribution < -0.4 is 9.47 Å². The van der Waals surface area contributed by atoms with Gasteiger partial charge in [-0.1, -0.05) is 56.3 Å². The van der Waals surface area contributed by atoms with E-state index in [1.807, 2.05) is 61.5 Å². The number of benzene rings is 3. The third-order valence-corrected chi connectivity index (χ3v) is 7.17. The number of thiazole rings is 1. The van der Waals surface area contributed by atoms with Crippen LogP contribution in [0.4, 0.5) is 0 Å². The Balaban J connectivity index is 1.84. The summed E-state index contributed by atoms with van der Waals surface area (Å²) in [6.07, 6.45) is 1.75. The molecule has 0 saturated carbocycles. The summed E-state index contributed by atoms with van der Waals surface area (Å²) < 4.78 is 12.1. The van der Waals surface area contributed by atoms with Crippen LogP contribution in [0.25, 0.3) is 11.1 Å². The first kappa shape index (κ1) is 25.5. The molecule has 1 heterocycles. The van der Waals surface area contributed by atoms with Gasteiger partial charge in [-0.3, -0.25) is 4.79 Å². The van der Waals surface area contributed by atoms with Crippen molar-refractivity contribution in [2.75, 3.05) is 7.11 Å². The van der Waals surface area contributed by atoms with Gasteiger partial charge in [0.15, 0.2) is 0 Å². The van der Waals surface area contributed by atoms with Gasteiger partial charge in [-0.2, -0.15) is 0 Å². The summed E-state index contributed by atoms with van der Waals surface area (Å²) >= 11 is 1.53. The molecule has 0 fully saturated rings. The highest BCUT2D eigenvalue weighted by atomic mass is 32.1. The molecule has 1 atom stereocenters. The highest BCUT2D eigenvalue weighted by Crippen LogP contribution is 2.42. The maximum atomic E-state index is 11.8. The largest absolute Gasteiger partial charge is 0.496 e. The molecule has 5 nitrogen and oxygen atoms in total. The molecule has 3 aromatic carbocycles. The Morgan fingerprint density at radius 3 is 2.28 bits per heavy atom. The lowest BCUT2D eigenvalue weighted by molar-refractivity contribution is -0.137. The second kappa shape index (κ2) is 11.4. The Hall–Kier alpha value is -3.64. The van der Waals surface area contributed by atoms with E-state index in [0.717, 1.165) is 37.9 Å². The van der Waals surface area contributed by atoms with Crippen molar-refractivity contribution < 1.29 is 19.4 Å². The Bertz CT molecular complexity index is 1330. The molecule has 1 aromatic heterocycles. The molecule has 0 aliphatic heterocycles. The third-order valence-electron chi connectivity index (χ3n) is 6.14. The van der Waals surface area contributed by atoms with Crippen LogP contribution >= 0.6 is 11.3 Å². The summed E-state index contributed by atoms with van der Waals surface area (Å²) in [4.78, 5) is 17.4. The number of hydrogen-bond acceptors (Lipinski definition) is 5. The molecule has 0 aliphatic rings. The summed E-state index contributed by atoms with van der Waals surface area (Å²) in [6, 6.07) is 22.1. The highest BCUT2D eigenvalue weighted by molar-refractivity contribution is 7.11. The number of aromatic nitrogens is 1. The molecule has 0 spiro atoms. The molecule has 0 amide bonds. The summed E-state index contributed by atoms with van der Waals surface area (Å²) in [5, 5.41) is 10.5. The number of aliphatic carboxylic acids is 1. The van der Waals surface area contributed by atoms with Gasteiger partial charge in [-0.15, -0.1) is 11.3 Å². The number of ether oxygens (including phenoxy) is 2. The van der Waals surface area contributed by atoms with Crippen LogP contribution in [0.3, 0.4) is 0 Å². The van der Waals surface area contributed by atoms with E-state index in [0.29, 0.717) is 18.3 Å². The summed E-state index contributed by atoms with van der Waals surface area (Å²) in [6.45, 7) is 6.71. The van der Waals surface area contributed by atoms with Crippen LogP contribution in [0.5, 0.6) is 11.5 Å². The highest BCUT2D eigenvalue weighted by Gasteiger charge is 2.24. The van der Waals surface area contributed by atoms with Gasteiger partial charge in [0.25, 0.3) is 0 Å². The average molecular weight is 502 g/mol. The van der Waals surface area contributed by atoms with Crippen molar-refractivity contribution in [3.8, 4) is 22.6 Å². The lowest BCUT2D eigenvalue weighted by atomic mass is 9.90. The van der Waals surface area contributed by atoms with Gasteiger partial charge in [0.1, 0.15) is 23.1 Å². The van der Waals surface area contributed by atoms with Crippen molar-refractivity contribution in [2.24, 2.45) is 0 Å². The Morgan fingerprint density at radius 1 is 0.972 bits per heavy atom. The lowest BCUT2D eigenvalue weighted by Gasteiger charge is -2.20. The van der Waals surface area contributed by atoms with Crippen molar-refractivity contribution >= 4 is 17.3 Å². The summed E-state index contributed by atoms with van der Waals surface area (Å²) in [7, 11) is 1.66. The monoisotopic (exact) mass is 501 g/mol. The van der Waals surface area contributed by atoms with Crippen molar-refractivity contribution in [2.45, 2.75) is 45.6 Å². The quantitative estimate of drug-likeness (QED) is 0.245. The van der Waals surface area contributed by atoms with Crippen molar-refractivity contribution in [3.05, 3.63) is 99.5 Å². The standard InChI is InChI=1S/C30H31NO4S/c1-19(2)22-10-12-27(34-4)25(14-22)26-15-23(24(16-29(32)33)30-31-17-20(3)36-30)11-13-28(26)35-18-21-8-6-5-7-9-21/h5-15,17,19,24H,16,18H2,1-4H3,(H,32,33). The maximum absolute atomic E-state index is 11.8. The Morgan fingerprint density at radius 2 is 1.64 bits per heavy atom. The number of aryl methyl sites for hydroxylation is 1.